The normalized spacial score (nSPS) is 0. The second-order valence-corrected chi connectivity index (χ2v) is 0. The van der Waals surface area contributed by atoms with Crippen molar-refractivity contribution >= 4 is 0 Å². The molecule has 0 fully saturated rings. The summed E-state index contributed by atoms with van der Waals surface area (Å²) in [7, 11) is 0. The molecule has 0 saturated carbocycles. The average Bonchev–Trinajstić information content (AvgIpc) is 0. The molecule has 0 radical (unpaired) electrons. The summed E-state index contributed by atoms with van der Waals surface area (Å²) in [6.07, 6.45) is 0. The minimum absolute atomic E-state index is 0. The van der Waals surface area contributed by atoms with Gasteiger partial charge in [0.1, 0.15) is 0 Å². The molecule has 11 heteroatoms. The Bertz CT molecular complexity index is 14.4. The number of rotatable bonds is 0. The zero-order valence-corrected chi connectivity index (χ0v) is 12.6. The van der Waals surface area contributed by atoms with Crippen molar-refractivity contribution in [2.24, 2.45) is 0 Å². The maximum Gasteiger partial charge on any atom is 4.00 e. The van der Waals surface area contributed by atoms with E-state index in [1.54, 1.807) is 0 Å². The zero-order chi connectivity index (χ0) is 0. The van der Waals surface area contributed by atoms with E-state index in [4.69, 9.17) is 0 Å². The van der Waals surface area contributed by atoms with Crippen LogP contribution in [0.5, 0.6) is 0 Å². The molecule has 76 valence electrons. The molecule has 0 aromatic carbocycles. The molecule has 0 spiro atoms. The molecule has 0 unspecified atom stereocenters. The van der Waals surface area contributed by atoms with E-state index in [1.165, 1.54) is 0 Å². The van der Waals surface area contributed by atoms with Crippen LogP contribution in [0.15, 0.2) is 0 Å². The Morgan fingerprint density at radius 1 is 0.273 bits per heavy atom. The third kappa shape index (κ3) is 256. The van der Waals surface area contributed by atoms with Gasteiger partial charge in [-0.1, -0.05) is 0 Å². The van der Waals surface area contributed by atoms with E-state index in [2.05, 4.69) is 0 Å². The summed E-state index contributed by atoms with van der Waals surface area (Å²) >= 11 is 0. The van der Waals surface area contributed by atoms with Crippen LogP contribution >= 0.6 is 0 Å². The van der Waals surface area contributed by atoms with Crippen LogP contribution in [-0.4, -0.2) is 0 Å². The minimum atomic E-state index is 0. The van der Waals surface area contributed by atoms with Crippen molar-refractivity contribution in [2.75, 3.05) is 0 Å². The first kappa shape index (κ1) is 395. The molecule has 0 amide bonds. The van der Waals surface area contributed by atoms with Gasteiger partial charge in [-0.25, -0.2) is 0 Å². The summed E-state index contributed by atoms with van der Waals surface area (Å²) in [5.41, 5.74) is 0. The van der Waals surface area contributed by atoms with Gasteiger partial charge < -0.3 is 38.3 Å². The van der Waals surface area contributed by atoms with Crippen molar-refractivity contribution in [3.63, 3.8) is 0 Å². The molecule has 11 heavy (non-hydrogen) atoms. The fourth-order valence-electron chi connectivity index (χ4n) is 0. The Kier molecular flexibility index (Phi) is 11100. The van der Waals surface area contributed by atoms with Crippen LogP contribution in [0.2, 0.25) is 0 Å². The molecule has 0 rings (SSSR count). The van der Waals surface area contributed by atoms with Gasteiger partial charge in [0.25, 0.3) is 0 Å². The van der Waals surface area contributed by atoms with Crippen molar-refractivity contribution in [3.8, 4) is 0 Å². The van der Waals surface area contributed by atoms with Crippen molar-refractivity contribution in [1.29, 1.82) is 0 Å². The van der Waals surface area contributed by atoms with Gasteiger partial charge in [-0.2, -0.15) is 0 Å². The Hall–Kier alpha value is 2.24. The van der Waals surface area contributed by atoms with Crippen LogP contribution < -0.4 is 0 Å². The van der Waals surface area contributed by atoms with Gasteiger partial charge in [-0.3, -0.25) is 0 Å². The van der Waals surface area contributed by atoms with Gasteiger partial charge in [0.05, 0.1) is 0 Å². The molecular weight excluding hydrogens is 698 g/mol. The van der Waals surface area contributed by atoms with Gasteiger partial charge in [-0.05, 0) is 0 Å². The number of hydrogen-bond acceptors (Lipinski definition) is 0. The van der Waals surface area contributed by atoms with Crippen LogP contribution in [0.25, 0.3) is 0 Å². The zero-order valence-electron chi connectivity index (χ0n) is 4.23. The molecule has 7 nitrogen and oxygen atoms in total. The van der Waals surface area contributed by atoms with E-state index in [9.17, 15) is 0 Å². The fraction of sp³-hybridized carbons (Fsp3) is 0. The minimum Gasteiger partial charge on any atom is -2.00 e. The van der Waals surface area contributed by atoms with Gasteiger partial charge in [-0.15, -0.1) is 0 Å². The monoisotopic (exact) mass is 702 g/mol. The smallest absolute Gasteiger partial charge is 2.00 e. The summed E-state index contributed by atoms with van der Waals surface area (Å²) < 4.78 is 0. The van der Waals surface area contributed by atoms with Crippen molar-refractivity contribution < 1.29 is 117 Å². The van der Waals surface area contributed by atoms with E-state index in [0.29, 0.717) is 0 Å². The Morgan fingerprint density at radius 2 is 0.273 bits per heavy atom. The largest absolute Gasteiger partial charge is 4.00 e. The first-order chi connectivity index (χ1) is 0. The van der Waals surface area contributed by atoms with Crippen LogP contribution in [0.4, 0.5) is 0 Å². The van der Waals surface area contributed by atoms with E-state index in [0.717, 1.165) is 0 Å². The molecule has 0 heterocycles. The summed E-state index contributed by atoms with van der Waals surface area (Å²) in [6.45, 7) is 0. The first-order valence-corrected chi connectivity index (χ1v) is 0. The molecule has 0 atom stereocenters. The predicted molar refractivity (Wildman–Crippen MR) is 4.81 cm³/mol. The van der Waals surface area contributed by atoms with Crippen LogP contribution in [0, 0.1) is 0 Å². The molecule has 0 N–H and O–H groups in total. The Labute approximate surface area is 116 Å². The molecule has 0 aliphatic rings. The maximum atomic E-state index is 0. The molecule has 0 aliphatic carbocycles. The average molecular weight is 698 g/mol. The van der Waals surface area contributed by atoms with Crippen LogP contribution in [0.1, 0.15) is 0 Å². The number of hydrogen-bond donors (Lipinski definition) is 0. The van der Waals surface area contributed by atoms with Gasteiger partial charge in [0, 0.05) is 0 Å². The maximum absolute atomic E-state index is 0. The molecule has 0 saturated heterocycles. The topological polar surface area (TPSA) is 200 Å². The van der Waals surface area contributed by atoms with Crippen molar-refractivity contribution in [3.05, 3.63) is 0 Å². The first-order valence-electron chi connectivity index (χ1n) is 0. The predicted octanol–water partition coefficient (Wildman–Crippen LogP) is -0.842. The quantitative estimate of drug-likeness (QED) is 0.285. The third-order valence-corrected chi connectivity index (χ3v) is 0. The van der Waals surface area contributed by atoms with E-state index >= 15 is 0 Å². The van der Waals surface area contributed by atoms with Crippen LogP contribution in [0.3, 0.4) is 0 Å². The van der Waals surface area contributed by atoms with E-state index < -0.39 is 0 Å². The molecular formula is O7Os2Rh2. The molecule has 0 aromatic heterocycles. The summed E-state index contributed by atoms with van der Waals surface area (Å²) in [6, 6.07) is 0. The van der Waals surface area contributed by atoms with Gasteiger partial charge in [0.2, 0.25) is 0 Å². The Morgan fingerprint density at radius 3 is 0.273 bits per heavy atom. The van der Waals surface area contributed by atoms with Crippen LogP contribution in [-0.2, 0) is 117 Å². The SMILES string of the molecule is [O-2].[O-2].[O-2].[O-2].[O-2].[O-2].[O-2].[Os+4].[Os+4].[Rh+3].[Rh+3]. The van der Waals surface area contributed by atoms with Crippen molar-refractivity contribution in [1.82, 2.24) is 0 Å². The van der Waals surface area contributed by atoms with Gasteiger partial charge >= 0.3 is 78.5 Å². The Balaban J connectivity index is 0. The third-order valence-electron chi connectivity index (χ3n) is 0. The fourth-order valence-corrected chi connectivity index (χ4v) is 0. The van der Waals surface area contributed by atoms with E-state index in [1.807, 2.05) is 0 Å². The molecule has 0 bridgehead atoms. The van der Waals surface area contributed by atoms with E-state index in [-0.39, 0.29) is 117 Å². The second kappa shape index (κ2) is 308. The molecule has 0 aliphatic heterocycles. The van der Waals surface area contributed by atoms with Gasteiger partial charge in [0.15, 0.2) is 0 Å². The summed E-state index contributed by atoms with van der Waals surface area (Å²) in [4.78, 5) is 0. The second-order valence-electron chi connectivity index (χ2n) is 0. The molecule has 0 aromatic rings. The standard InChI is InChI=1S/7O.2Os.2Rh/q7*-2;2*+4;2*+3. The van der Waals surface area contributed by atoms with Crippen molar-refractivity contribution in [2.45, 2.75) is 0 Å². The summed E-state index contributed by atoms with van der Waals surface area (Å²) in [5.74, 6) is 0. The summed E-state index contributed by atoms with van der Waals surface area (Å²) in [5, 5.41) is 0.